The van der Waals surface area contributed by atoms with E-state index in [4.69, 9.17) is 4.74 Å². The minimum absolute atomic E-state index is 0.204. The Balaban J connectivity index is 1.54. The lowest BCUT2D eigenvalue weighted by Gasteiger charge is -2.14. The van der Waals surface area contributed by atoms with Crippen LogP contribution < -0.4 is 4.74 Å². The molecule has 32 heavy (non-hydrogen) atoms. The summed E-state index contributed by atoms with van der Waals surface area (Å²) in [5.41, 5.74) is 4.27. The molecule has 168 valence electrons. The first kappa shape index (κ1) is 23.8. The van der Waals surface area contributed by atoms with E-state index in [9.17, 15) is 4.79 Å². The third kappa shape index (κ3) is 7.09. The van der Waals surface area contributed by atoms with Gasteiger partial charge >= 0.3 is 0 Å². The molecule has 3 rings (SSSR count). The van der Waals surface area contributed by atoms with Crippen molar-refractivity contribution in [3.05, 3.63) is 90.0 Å². The smallest absolute Gasteiger partial charge is 0.163 e. The Morgan fingerprint density at radius 2 is 1.38 bits per heavy atom. The van der Waals surface area contributed by atoms with Crippen LogP contribution in [0.1, 0.15) is 80.6 Å². The quantitative estimate of drug-likeness (QED) is 0.201. The van der Waals surface area contributed by atoms with Gasteiger partial charge in [0.1, 0.15) is 5.75 Å². The standard InChI is InChI=1S/C30H36O2/c1-3-5-6-7-11-22-32-29-20-18-27(19-21-29)26-14-16-28(17-15-26)30(31)23-24(4-2)25-12-9-8-10-13-25/h8-10,12-21,24H,3-7,11,22-23H2,1-2H3. The molecular formula is C30H36O2. The summed E-state index contributed by atoms with van der Waals surface area (Å²) in [5, 5.41) is 0. The van der Waals surface area contributed by atoms with E-state index in [0.29, 0.717) is 6.42 Å². The van der Waals surface area contributed by atoms with Gasteiger partial charge in [0.2, 0.25) is 0 Å². The van der Waals surface area contributed by atoms with Crippen molar-refractivity contribution in [3.8, 4) is 16.9 Å². The second kappa shape index (κ2) is 12.9. The van der Waals surface area contributed by atoms with E-state index in [1.165, 1.54) is 31.2 Å². The summed E-state index contributed by atoms with van der Waals surface area (Å²) < 4.78 is 5.87. The molecule has 0 spiro atoms. The summed E-state index contributed by atoms with van der Waals surface area (Å²) in [6.07, 6.45) is 7.73. The number of hydrogen-bond acceptors (Lipinski definition) is 2. The number of unbranched alkanes of at least 4 members (excludes halogenated alkanes) is 4. The molecule has 0 bridgehead atoms. The molecule has 0 aliphatic carbocycles. The predicted octanol–water partition coefficient (Wildman–Crippen LogP) is 8.47. The van der Waals surface area contributed by atoms with Gasteiger partial charge in [-0.2, -0.15) is 0 Å². The molecule has 0 aliphatic rings. The van der Waals surface area contributed by atoms with Crippen LogP contribution in [-0.2, 0) is 0 Å². The molecule has 2 heteroatoms. The fraction of sp³-hybridized carbons (Fsp3) is 0.367. The summed E-state index contributed by atoms with van der Waals surface area (Å²) in [4.78, 5) is 12.8. The van der Waals surface area contributed by atoms with Gasteiger partial charge < -0.3 is 4.74 Å². The Morgan fingerprint density at radius 1 is 0.750 bits per heavy atom. The maximum Gasteiger partial charge on any atom is 0.163 e. The lowest BCUT2D eigenvalue weighted by Crippen LogP contribution is -2.07. The molecule has 0 N–H and O–H groups in total. The maximum absolute atomic E-state index is 12.8. The van der Waals surface area contributed by atoms with E-state index in [0.717, 1.165) is 41.9 Å². The highest BCUT2D eigenvalue weighted by molar-refractivity contribution is 5.97. The molecule has 2 nitrogen and oxygen atoms in total. The average molecular weight is 429 g/mol. The topological polar surface area (TPSA) is 26.3 Å². The van der Waals surface area contributed by atoms with Crippen molar-refractivity contribution in [3.63, 3.8) is 0 Å². The number of hydrogen-bond donors (Lipinski definition) is 0. The molecular weight excluding hydrogens is 392 g/mol. The van der Waals surface area contributed by atoms with Gasteiger partial charge in [-0.1, -0.05) is 106 Å². The highest BCUT2D eigenvalue weighted by atomic mass is 16.5. The number of rotatable bonds is 13. The lowest BCUT2D eigenvalue weighted by molar-refractivity contribution is 0.0973. The van der Waals surface area contributed by atoms with Crippen molar-refractivity contribution < 1.29 is 9.53 Å². The van der Waals surface area contributed by atoms with Crippen molar-refractivity contribution in [1.82, 2.24) is 0 Å². The number of ketones is 1. The summed E-state index contributed by atoms with van der Waals surface area (Å²) in [7, 11) is 0. The number of carbonyl (C=O) groups excluding carboxylic acids is 1. The van der Waals surface area contributed by atoms with Crippen molar-refractivity contribution in [2.75, 3.05) is 6.61 Å². The van der Waals surface area contributed by atoms with Gasteiger partial charge in [-0.3, -0.25) is 4.79 Å². The predicted molar refractivity (Wildman–Crippen MR) is 135 cm³/mol. The van der Waals surface area contributed by atoms with Crippen LogP contribution in [0.15, 0.2) is 78.9 Å². The van der Waals surface area contributed by atoms with E-state index in [2.05, 4.69) is 38.1 Å². The van der Waals surface area contributed by atoms with Crippen molar-refractivity contribution in [2.45, 2.75) is 64.7 Å². The highest BCUT2D eigenvalue weighted by Gasteiger charge is 2.15. The molecule has 0 saturated carbocycles. The van der Waals surface area contributed by atoms with Gasteiger partial charge in [0.15, 0.2) is 5.78 Å². The molecule has 1 unspecified atom stereocenters. The Bertz CT molecular complexity index is 927. The Morgan fingerprint density at radius 3 is 2.00 bits per heavy atom. The Labute approximate surface area is 193 Å². The number of ether oxygens (including phenoxy) is 1. The zero-order valence-corrected chi connectivity index (χ0v) is 19.6. The van der Waals surface area contributed by atoms with Gasteiger partial charge in [-0.25, -0.2) is 0 Å². The lowest BCUT2D eigenvalue weighted by atomic mass is 9.89. The van der Waals surface area contributed by atoms with Crippen molar-refractivity contribution in [1.29, 1.82) is 0 Å². The molecule has 0 radical (unpaired) electrons. The zero-order valence-electron chi connectivity index (χ0n) is 19.6. The second-order valence-electron chi connectivity index (χ2n) is 8.51. The van der Waals surface area contributed by atoms with Crippen LogP contribution in [0.25, 0.3) is 11.1 Å². The molecule has 0 heterocycles. The number of Topliss-reactive ketones (excluding diaryl/α,β-unsaturated/α-hetero) is 1. The largest absolute Gasteiger partial charge is 0.494 e. The van der Waals surface area contributed by atoms with Crippen molar-refractivity contribution >= 4 is 5.78 Å². The first-order valence-electron chi connectivity index (χ1n) is 12.1. The number of benzene rings is 3. The van der Waals surface area contributed by atoms with Crippen LogP contribution in [0.3, 0.4) is 0 Å². The average Bonchev–Trinajstić information content (AvgIpc) is 2.85. The SMILES string of the molecule is CCCCCCCOc1ccc(-c2ccc(C(=O)CC(CC)c3ccccc3)cc2)cc1. The van der Waals surface area contributed by atoms with E-state index in [1.54, 1.807) is 0 Å². The van der Waals surface area contributed by atoms with E-state index < -0.39 is 0 Å². The summed E-state index contributed by atoms with van der Waals surface area (Å²) in [5.74, 6) is 1.39. The van der Waals surface area contributed by atoms with Gasteiger partial charge in [-0.05, 0) is 47.6 Å². The Kier molecular flexibility index (Phi) is 9.56. The summed E-state index contributed by atoms with van der Waals surface area (Å²) >= 11 is 0. The van der Waals surface area contributed by atoms with E-state index in [-0.39, 0.29) is 11.7 Å². The molecule has 1 atom stereocenters. The fourth-order valence-corrected chi connectivity index (χ4v) is 4.05. The third-order valence-corrected chi connectivity index (χ3v) is 6.11. The van der Waals surface area contributed by atoms with Gasteiger partial charge in [0.25, 0.3) is 0 Å². The molecule has 0 aliphatic heterocycles. The molecule has 3 aromatic carbocycles. The maximum atomic E-state index is 12.8. The normalized spacial score (nSPS) is 11.8. The Hall–Kier alpha value is -2.87. The van der Waals surface area contributed by atoms with Crippen molar-refractivity contribution in [2.24, 2.45) is 0 Å². The van der Waals surface area contributed by atoms with Crippen LogP contribution in [0.5, 0.6) is 5.75 Å². The number of carbonyl (C=O) groups is 1. The van der Waals surface area contributed by atoms with E-state index in [1.807, 2.05) is 54.6 Å². The fourth-order valence-electron chi connectivity index (χ4n) is 4.05. The highest BCUT2D eigenvalue weighted by Crippen LogP contribution is 2.27. The first-order chi connectivity index (χ1) is 15.7. The zero-order chi connectivity index (χ0) is 22.6. The van der Waals surface area contributed by atoms with Gasteiger partial charge in [-0.15, -0.1) is 0 Å². The summed E-state index contributed by atoms with van der Waals surface area (Å²) in [6, 6.07) is 26.6. The molecule has 3 aromatic rings. The molecule has 0 saturated heterocycles. The third-order valence-electron chi connectivity index (χ3n) is 6.11. The molecule has 0 aromatic heterocycles. The second-order valence-corrected chi connectivity index (χ2v) is 8.51. The monoisotopic (exact) mass is 428 g/mol. The first-order valence-corrected chi connectivity index (χ1v) is 12.1. The van der Waals surface area contributed by atoms with Gasteiger partial charge in [0, 0.05) is 12.0 Å². The van der Waals surface area contributed by atoms with Crippen LogP contribution in [-0.4, -0.2) is 12.4 Å². The van der Waals surface area contributed by atoms with Crippen LogP contribution in [0.2, 0.25) is 0 Å². The van der Waals surface area contributed by atoms with Crippen LogP contribution in [0.4, 0.5) is 0 Å². The molecule has 0 fully saturated rings. The minimum Gasteiger partial charge on any atom is -0.494 e. The van der Waals surface area contributed by atoms with E-state index >= 15 is 0 Å². The van der Waals surface area contributed by atoms with Gasteiger partial charge in [0.05, 0.1) is 6.61 Å². The minimum atomic E-state index is 0.204. The van der Waals surface area contributed by atoms with Crippen LogP contribution in [0, 0.1) is 0 Å². The van der Waals surface area contributed by atoms with Crippen LogP contribution >= 0.6 is 0 Å². The molecule has 0 amide bonds. The summed E-state index contributed by atoms with van der Waals surface area (Å²) in [6.45, 7) is 5.16.